The van der Waals surface area contributed by atoms with Crippen molar-refractivity contribution in [1.29, 1.82) is 0 Å². The average molecular weight is 460 g/mol. The standard InChI is InChI=1S/C33H33NO/c1-3-11-26(12-4-1)32(27-13-5-2-6-14-27)23-34-21-19-25(20-22-34)24-35-33-30-17-9-7-15-28(30)29-16-8-10-18-31(29)33/h1-18,25,32-33H,19-24H2. The van der Waals surface area contributed by atoms with Crippen LogP contribution in [0.3, 0.4) is 0 Å². The molecule has 0 amide bonds. The zero-order chi connectivity index (χ0) is 23.5. The van der Waals surface area contributed by atoms with E-state index in [4.69, 9.17) is 4.74 Å². The molecule has 0 saturated carbocycles. The van der Waals surface area contributed by atoms with Crippen LogP contribution in [0, 0.1) is 5.92 Å². The molecule has 2 heteroatoms. The van der Waals surface area contributed by atoms with Crippen LogP contribution < -0.4 is 0 Å². The Kier molecular flexibility index (Phi) is 6.49. The van der Waals surface area contributed by atoms with E-state index in [-0.39, 0.29) is 6.10 Å². The molecule has 6 rings (SSSR count). The summed E-state index contributed by atoms with van der Waals surface area (Å²) in [7, 11) is 0. The van der Waals surface area contributed by atoms with Crippen LogP contribution in [0.15, 0.2) is 109 Å². The van der Waals surface area contributed by atoms with Crippen molar-refractivity contribution in [3.05, 3.63) is 131 Å². The summed E-state index contributed by atoms with van der Waals surface area (Å²) in [6.07, 6.45) is 2.47. The molecule has 0 bridgehead atoms. The van der Waals surface area contributed by atoms with Gasteiger partial charge in [0.1, 0.15) is 6.10 Å². The van der Waals surface area contributed by atoms with Crippen molar-refractivity contribution >= 4 is 0 Å². The van der Waals surface area contributed by atoms with Gasteiger partial charge in [-0.25, -0.2) is 0 Å². The fraction of sp³-hybridized carbons (Fsp3) is 0.273. The van der Waals surface area contributed by atoms with E-state index in [1.165, 1.54) is 46.2 Å². The number of piperidine rings is 1. The summed E-state index contributed by atoms with van der Waals surface area (Å²) in [6.45, 7) is 4.19. The van der Waals surface area contributed by atoms with Crippen LogP contribution in [-0.2, 0) is 4.74 Å². The summed E-state index contributed by atoms with van der Waals surface area (Å²) in [6, 6.07) is 39.4. The van der Waals surface area contributed by atoms with E-state index in [2.05, 4.69) is 114 Å². The molecule has 0 radical (unpaired) electrons. The van der Waals surface area contributed by atoms with E-state index in [1.54, 1.807) is 0 Å². The van der Waals surface area contributed by atoms with Crippen LogP contribution in [-0.4, -0.2) is 31.1 Å². The molecule has 1 saturated heterocycles. The molecular formula is C33H33NO. The number of fused-ring (bicyclic) bond motifs is 3. The van der Waals surface area contributed by atoms with Crippen LogP contribution >= 0.6 is 0 Å². The third kappa shape index (κ3) is 4.69. The van der Waals surface area contributed by atoms with Gasteiger partial charge in [-0.1, -0.05) is 109 Å². The predicted molar refractivity (Wildman–Crippen MR) is 144 cm³/mol. The Hall–Kier alpha value is -3.20. The van der Waals surface area contributed by atoms with Crippen LogP contribution in [0.4, 0.5) is 0 Å². The summed E-state index contributed by atoms with van der Waals surface area (Å²) >= 11 is 0. The highest BCUT2D eigenvalue weighted by molar-refractivity contribution is 5.78. The maximum absolute atomic E-state index is 6.63. The van der Waals surface area contributed by atoms with Gasteiger partial charge in [0.25, 0.3) is 0 Å². The van der Waals surface area contributed by atoms with Crippen molar-refractivity contribution in [1.82, 2.24) is 4.90 Å². The van der Waals surface area contributed by atoms with Gasteiger partial charge < -0.3 is 9.64 Å². The minimum atomic E-state index is 0.0703. The fourth-order valence-corrected chi connectivity index (χ4v) is 5.89. The van der Waals surface area contributed by atoms with E-state index < -0.39 is 0 Å². The summed E-state index contributed by atoms with van der Waals surface area (Å²) in [5.41, 5.74) is 8.11. The van der Waals surface area contributed by atoms with Crippen molar-refractivity contribution in [3.63, 3.8) is 0 Å². The molecule has 2 aliphatic rings. The lowest BCUT2D eigenvalue weighted by molar-refractivity contribution is 0.0326. The lowest BCUT2D eigenvalue weighted by Crippen LogP contribution is -2.38. The minimum Gasteiger partial charge on any atom is -0.368 e. The van der Waals surface area contributed by atoms with Gasteiger partial charge in [0, 0.05) is 12.5 Å². The number of nitrogens with zero attached hydrogens (tertiary/aromatic N) is 1. The summed E-state index contributed by atoms with van der Waals surface area (Å²) in [5.74, 6) is 1.04. The van der Waals surface area contributed by atoms with Gasteiger partial charge in [0.2, 0.25) is 0 Å². The lowest BCUT2D eigenvalue weighted by atomic mass is 9.89. The molecule has 1 aliphatic heterocycles. The Balaban J connectivity index is 1.09. The van der Waals surface area contributed by atoms with Crippen LogP contribution in [0.1, 0.15) is 47.1 Å². The lowest BCUT2D eigenvalue weighted by Gasteiger charge is -2.35. The molecule has 0 N–H and O–H groups in total. The van der Waals surface area contributed by atoms with Crippen molar-refractivity contribution in [3.8, 4) is 11.1 Å². The highest BCUT2D eigenvalue weighted by atomic mass is 16.5. The predicted octanol–water partition coefficient (Wildman–Crippen LogP) is 7.32. The smallest absolute Gasteiger partial charge is 0.109 e. The van der Waals surface area contributed by atoms with Crippen molar-refractivity contribution in [2.75, 3.05) is 26.2 Å². The Bertz CT molecular complexity index is 1160. The quantitative estimate of drug-likeness (QED) is 0.287. The number of ether oxygens (including phenoxy) is 1. The Labute approximate surface area is 209 Å². The first kappa shape index (κ1) is 22.3. The molecule has 0 unspecified atom stereocenters. The van der Waals surface area contributed by atoms with Crippen molar-refractivity contribution < 1.29 is 4.74 Å². The molecular weight excluding hydrogens is 426 g/mol. The van der Waals surface area contributed by atoms with Crippen molar-refractivity contribution in [2.24, 2.45) is 5.92 Å². The number of likely N-dealkylation sites (tertiary alicyclic amines) is 1. The van der Waals surface area contributed by atoms with Gasteiger partial charge >= 0.3 is 0 Å². The second kappa shape index (κ2) is 10.2. The number of hydrogen-bond donors (Lipinski definition) is 0. The Morgan fingerprint density at radius 1 is 0.629 bits per heavy atom. The maximum Gasteiger partial charge on any atom is 0.109 e. The fourth-order valence-electron chi connectivity index (χ4n) is 5.89. The second-order valence-corrected chi connectivity index (χ2v) is 10.0. The monoisotopic (exact) mass is 459 g/mol. The highest BCUT2D eigenvalue weighted by Crippen LogP contribution is 2.45. The van der Waals surface area contributed by atoms with Crippen LogP contribution in [0.2, 0.25) is 0 Å². The summed E-state index contributed by atoms with van der Waals surface area (Å²) in [5, 5.41) is 0. The van der Waals surface area contributed by atoms with Gasteiger partial charge in [-0.15, -0.1) is 0 Å². The second-order valence-electron chi connectivity index (χ2n) is 10.0. The van der Waals surface area contributed by atoms with E-state index in [0.717, 1.165) is 26.2 Å². The van der Waals surface area contributed by atoms with Gasteiger partial charge in [0.05, 0.1) is 6.61 Å². The first-order valence-electron chi connectivity index (χ1n) is 13.0. The Morgan fingerprint density at radius 2 is 1.11 bits per heavy atom. The molecule has 2 nitrogen and oxygen atoms in total. The van der Waals surface area contributed by atoms with Crippen molar-refractivity contribution in [2.45, 2.75) is 24.9 Å². The molecule has 4 aromatic carbocycles. The van der Waals surface area contributed by atoms with E-state index in [1.807, 2.05) is 0 Å². The van der Waals surface area contributed by atoms with E-state index in [9.17, 15) is 0 Å². The first-order chi connectivity index (χ1) is 17.4. The van der Waals surface area contributed by atoms with Crippen LogP contribution in [0.25, 0.3) is 11.1 Å². The highest BCUT2D eigenvalue weighted by Gasteiger charge is 2.30. The molecule has 4 aromatic rings. The zero-order valence-electron chi connectivity index (χ0n) is 20.2. The largest absolute Gasteiger partial charge is 0.368 e. The molecule has 0 atom stereocenters. The van der Waals surface area contributed by atoms with Gasteiger partial charge in [0.15, 0.2) is 0 Å². The minimum absolute atomic E-state index is 0.0703. The normalized spacial score (nSPS) is 16.4. The molecule has 0 spiro atoms. The van der Waals surface area contributed by atoms with Gasteiger partial charge in [-0.3, -0.25) is 0 Å². The summed E-state index contributed by atoms with van der Waals surface area (Å²) in [4.78, 5) is 2.65. The SMILES string of the molecule is c1ccc(C(CN2CCC(COC3c4ccccc4-c4ccccc43)CC2)c2ccccc2)cc1. The molecule has 35 heavy (non-hydrogen) atoms. The Morgan fingerprint density at radius 3 is 1.66 bits per heavy atom. The molecule has 1 heterocycles. The third-order valence-corrected chi connectivity index (χ3v) is 7.83. The van der Waals surface area contributed by atoms with Gasteiger partial charge in [-0.2, -0.15) is 0 Å². The maximum atomic E-state index is 6.63. The molecule has 1 fully saturated rings. The van der Waals surface area contributed by atoms with E-state index in [0.29, 0.717) is 11.8 Å². The molecule has 176 valence electrons. The average Bonchev–Trinajstić information content (AvgIpc) is 3.26. The molecule has 0 aromatic heterocycles. The third-order valence-electron chi connectivity index (χ3n) is 7.83. The topological polar surface area (TPSA) is 12.5 Å². The van der Waals surface area contributed by atoms with Gasteiger partial charge in [-0.05, 0) is 65.2 Å². The first-order valence-corrected chi connectivity index (χ1v) is 13.0. The van der Waals surface area contributed by atoms with E-state index >= 15 is 0 Å². The number of rotatable bonds is 7. The zero-order valence-corrected chi connectivity index (χ0v) is 20.2. The number of hydrogen-bond acceptors (Lipinski definition) is 2. The molecule has 1 aliphatic carbocycles. The number of benzene rings is 4. The van der Waals surface area contributed by atoms with Crippen LogP contribution in [0.5, 0.6) is 0 Å². The summed E-state index contributed by atoms with van der Waals surface area (Å²) < 4.78 is 6.63.